The molecular weight excluding hydrogens is 466 g/mol. The molecule has 2 aromatic heterocycles. The molecule has 0 saturated carbocycles. The number of rotatable bonds is 14. The second-order valence-electron chi connectivity index (χ2n) is 9.29. The van der Waals surface area contributed by atoms with Crippen molar-refractivity contribution in [2.45, 2.75) is 64.8 Å². The second-order valence-corrected chi connectivity index (χ2v) is 10.2. The van der Waals surface area contributed by atoms with E-state index in [2.05, 4.69) is 66.2 Å². The maximum Gasteiger partial charge on any atom is 0.261 e. The third-order valence-corrected chi connectivity index (χ3v) is 7.57. The molecule has 4 aromatic rings. The summed E-state index contributed by atoms with van der Waals surface area (Å²) in [5.41, 5.74) is 3.61. The van der Waals surface area contributed by atoms with Gasteiger partial charge in [0, 0.05) is 19.5 Å². The van der Waals surface area contributed by atoms with Crippen LogP contribution in [0, 0.1) is 0 Å². The van der Waals surface area contributed by atoms with Gasteiger partial charge in [-0.3, -0.25) is 4.79 Å². The maximum atomic E-state index is 12.0. The first-order valence-corrected chi connectivity index (χ1v) is 14.0. The second kappa shape index (κ2) is 13.3. The van der Waals surface area contributed by atoms with E-state index >= 15 is 0 Å². The number of para-hydroxylation sites is 2. The van der Waals surface area contributed by atoms with Crippen LogP contribution in [0.3, 0.4) is 0 Å². The lowest BCUT2D eigenvalue weighted by atomic mass is 9.99. The van der Waals surface area contributed by atoms with Gasteiger partial charge in [-0.05, 0) is 72.9 Å². The number of benzene rings is 2. The normalized spacial score (nSPS) is 12.1. The summed E-state index contributed by atoms with van der Waals surface area (Å²) in [4.78, 5) is 17.7. The number of hydrogen-bond donors (Lipinski definition) is 1. The van der Waals surface area contributed by atoms with Gasteiger partial charge in [-0.15, -0.1) is 11.3 Å². The number of nitrogens with one attached hydrogen (secondary N) is 1. The molecule has 0 fully saturated rings. The summed E-state index contributed by atoms with van der Waals surface area (Å²) in [6.45, 7) is 6.75. The van der Waals surface area contributed by atoms with Crippen LogP contribution in [0.2, 0.25) is 0 Å². The number of thiophene rings is 1. The lowest BCUT2D eigenvalue weighted by Crippen LogP contribution is -2.23. The van der Waals surface area contributed by atoms with Crippen LogP contribution in [0.25, 0.3) is 11.0 Å². The van der Waals surface area contributed by atoms with Crippen molar-refractivity contribution in [3.8, 4) is 5.75 Å². The zero-order valence-electron chi connectivity index (χ0n) is 21.4. The zero-order valence-corrected chi connectivity index (χ0v) is 22.2. The lowest BCUT2D eigenvalue weighted by molar-refractivity contribution is 0.0957. The quantitative estimate of drug-likeness (QED) is 0.185. The number of carbonyl (C=O) groups is 1. The Labute approximate surface area is 218 Å². The Morgan fingerprint density at radius 3 is 2.64 bits per heavy atom. The van der Waals surface area contributed by atoms with Crippen molar-refractivity contribution in [2.24, 2.45) is 0 Å². The Morgan fingerprint density at radius 2 is 1.86 bits per heavy atom. The fraction of sp³-hybridized carbons (Fsp3) is 0.400. The highest BCUT2D eigenvalue weighted by atomic mass is 32.1. The van der Waals surface area contributed by atoms with Crippen LogP contribution < -0.4 is 10.1 Å². The van der Waals surface area contributed by atoms with Crippen LogP contribution in [-0.2, 0) is 13.0 Å². The fourth-order valence-electron chi connectivity index (χ4n) is 4.39. The molecule has 6 heteroatoms. The largest absolute Gasteiger partial charge is 0.494 e. The van der Waals surface area contributed by atoms with Crippen molar-refractivity contribution in [1.29, 1.82) is 0 Å². The number of imidazole rings is 1. The van der Waals surface area contributed by atoms with Crippen LogP contribution >= 0.6 is 11.3 Å². The predicted octanol–water partition coefficient (Wildman–Crippen LogP) is 7.22. The minimum Gasteiger partial charge on any atom is -0.494 e. The molecule has 0 aliphatic heterocycles. The van der Waals surface area contributed by atoms with Gasteiger partial charge in [0.05, 0.1) is 22.5 Å². The summed E-state index contributed by atoms with van der Waals surface area (Å²) < 4.78 is 8.38. The monoisotopic (exact) mass is 503 g/mol. The molecule has 5 nitrogen and oxygen atoms in total. The average molecular weight is 504 g/mol. The van der Waals surface area contributed by atoms with E-state index in [1.165, 1.54) is 22.4 Å². The van der Waals surface area contributed by atoms with Crippen molar-refractivity contribution in [1.82, 2.24) is 14.9 Å². The predicted molar refractivity (Wildman–Crippen MR) is 149 cm³/mol. The van der Waals surface area contributed by atoms with Gasteiger partial charge >= 0.3 is 0 Å². The molecule has 0 aliphatic rings. The van der Waals surface area contributed by atoms with Gasteiger partial charge in [0.25, 0.3) is 5.91 Å². The zero-order chi connectivity index (χ0) is 25.2. The number of nitrogens with zero attached hydrogens (tertiary/aromatic N) is 2. The molecule has 2 aromatic carbocycles. The van der Waals surface area contributed by atoms with Crippen LogP contribution in [-0.4, -0.2) is 28.6 Å². The standard InChI is InChI=1S/C30H37N3O2S/c1-3-23(2)24-15-17-25(18-16-24)35-21-10-20-33-27-12-7-6-11-26(27)32-29(33)14-5-4-8-19-31-30(34)28-13-9-22-36-28/h6-7,9,11-13,15-18,22-23H,3-5,8,10,14,19-21H2,1-2H3,(H,31,34). The number of fused-ring (bicyclic) bond motifs is 1. The van der Waals surface area contributed by atoms with Crippen molar-refractivity contribution < 1.29 is 9.53 Å². The molecule has 190 valence electrons. The van der Waals surface area contributed by atoms with Crippen molar-refractivity contribution in [2.75, 3.05) is 13.2 Å². The Bertz CT molecular complexity index is 1210. The van der Waals surface area contributed by atoms with Gasteiger partial charge in [0.2, 0.25) is 0 Å². The Kier molecular flexibility index (Phi) is 9.56. The summed E-state index contributed by atoms with van der Waals surface area (Å²) in [7, 11) is 0. The average Bonchev–Trinajstić information content (AvgIpc) is 3.57. The molecule has 0 radical (unpaired) electrons. The smallest absolute Gasteiger partial charge is 0.261 e. The molecule has 2 heterocycles. The third-order valence-electron chi connectivity index (χ3n) is 6.70. The van der Waals surface area contributed by atoms with E-state index in [1.807, 2.05) is 23.6 Å². The fourth-order valence-corrected chi connectivity index (χ4v) is 5.03. The molecule has 0 saturated heterocycles. The molecular formula is C30H37N3O2S. The minimum absolute atomic E-state index is 0.0282. The van der Waals surface area contributed by atoms with E-state index in [4.69, 9.17) is 9.72 Å². The van der Waals surface area contributed by atoms with Gasteiger partial charge < -0.3 is 14.6 Å². The number of carbonyl (C=O) groups excluding carboxylic acids is 1. The van der Waals surface area contributed by atoms with Crippen LogP contribution in [0.15, 0.2) is 66.0 Å². The number of unbranched alkanes of at least 4 members (excludes halogenated alkanes) is 2. The van der Waals surface area contributed by atoms with Crippen LogP contribution in [0.4, 0.5) is 0 Å². The lowest BCUT2D eigenvalue weighted by Gasteiger charge is -2.12. The van der Waals surface area contributed by atoms with Gasteiger partial charge in [-0.1, -0.05) is 50.6 Å². The summed E-state index contributed by atoms with van der Waals surface area (Å²) in [6, 6.07) is 20.7. The number of aryl methyl sites for hydroxylation is 2. The van der Waals surface area contributed by atoms with Crippen molar-refractivity contribution >= 4 is 28.3 Å². The van der Waals surface area contributed by atoms with Crippen LogP contribution in [0.1, 0.15) is 72.9 Å². The van der Waals surface area contributed by atoms with Crippen LogP contribution in [0.5, 0.6) is 5.75 Å². The molecule has 4 rings (SSSR count). The first-order valence-electron chi connectivity index (χ1n) is 13.1. The van der Waals surface area contributed by atoms with E-state index in [0.29, 0.717) is 19.1 Å². The summed E-state index contributed by atoms with van der Waals surface area (Å²) in [6.07, 6.45) is 6.09. The van der Waals surface area contributed by atoms with E-state index in [1.54, 1.807) is 0 Å². The van der Waals surface area contributed by atoms with Crippen molar-refractivity contribution in [3.63, 3.8) is 0 Å². The topological polar surface area (TPSA) is 56.1 Å². The molecule has 0 bridgehead atoms. The van der Waals surface area contributed by atoms with Crippen molar-refractivity contribution in [3.05, 3.63) is 82.3 Å². The highest BCUT2D eigenvalue weighted by Gasteiger charge is 2.11. The van der Waals surface area contributed by atoms with E-state index in [0.717, 1.165) is 67.0 Å². The molecule has 0 aliphatic carbocycles. The first kappa shape index (κ1) is 26.0. The molecule has 1 atom stereocenters. The molecule has 0 spiro atoms. The van der Waals surface area contributed by atoms with Gasteiger partial charge in [-0.2, -0.15) is 0 Å². The summed E-state index contributed by atoms with van der Waals surface area (Å²) in [5, 5.41) is 4.94. The van der Waals surface area contributed by atoms with Gasteiger partial charge in [0.15, 0.2) is 0 Å². The van der Waals surface area contributed by atoms with E-state index in [-0.39, 0.29) is 5.91 Å². The molecule has 1 unspecified atom stereocenters. The minimum atomic E-state index is 0.0282. The number of ether oxygens (including phenoxy) is 1. The molecule has 1 N–H and O–H groups in total. The van der Waals surface area contributed by atoms with E-state index in [9.17, 15) is 4.79 Å². The number of hydrogen-bond acceptors (Lipinski definition) is 4. The maximum absolute atomic E-state index is 12.0. The Hall–Kier alpha value is -3.12. The van der Waals surface area contributed by atoms with Gasteiger partial charge in [0.1, 0.15) is 11.6 Å². The number of aromatic nitrogens is 2. The highest BCUT2D eigenvalue weighted by molar-refractivity contribution is 7.12. The summed E-state index contributed by atoms with van der Waals surface area (Å²) >= 11 is 1.48. The Balaban J connectivity index is 1.24. The third kappa shape index (κ3) is 6.97. The SMILES string of the molecule is CCC(C)c1ccc(OCCCn2c(CCCCCNC(=O)c3cccs3)nc3ccccc32)cc1. The van der Waals surface area contributed by atoms with Gasteiger partial charge in [-0.25, -0.2) is 4.98 Å². The molecule has 1 amide bonds. The summed E-state index contributed by atoms with van der Waals surface area (Å²) in [5.74, 6) is 2.68. The Morgan fingerprint density at radius 1 is 1.03 bits per heavy atom. The molecule has 36 heavy (non-hydrogen) atoms. The van der Waals surface area contributed by atoms with E-state index < -0.39 is 0 Å². The first-order chi connectivity index (χ1) is 17.7. The highest BCUT2D eigenvalue weighted by Crippen LogP contribution is 2.22. The number of amides is 1.